The highest BCUT2D eigenvalue weighted by molar-refractivity contribution is 7.99. The van der Waals surface area contributed by atoms with E-state index in [9.17, 15) is 5.26 Å². The van der Waals surface area contributed by atoms with Crippen LogP contribution in [0.25, 0.3) is 10.9 Å². The Morgan fingerprint density at radius 1 is 1.00 bits per heavy atom. The third-order valence-corrected chi connectivity index (χ3v) is 4.50. The first-order valence-corrected chi connectivity index (χ1v) is 7.54. The van der Waals surface area contributed by atoms with Crippen molar-refractivity contribution in [1.29, 1.82) is 5.26 Å². The Balaban J connectivity index is 2.06. The minimum Gasteiger partial charge on any atom is -0.240 e. The van der Waals surface area contributed by atoms with E-state index < -0.39 is 0 Å². The number of nitriles is 1. The zero-order valence-electron chi connectivity index (χ0n) is 11.9. The molecule has 3 heteroatoms. The van der Waals surface area contributed by atoms with Gasteiger partial charge in [-0.1, -0.05) is 36.0 Å². The summed E-state index contributed by atoms with van der Waals surface area (Å²) >= 11 is 1.54. The second-order valence-corrected chi connectivity index (χ2v) is 6.06. The molecule has 0 spiro atoms. The minimum absolute atomic E-state index is 0.622. The fourth-order valence-electron chi connectivity index (χ4n) is 2.15. The Labute approximate surface area is 128 Å². The summed E-state index contributed by atoms with van der Waals surface area (Å²) in [5, 5.41) is 11.1. The molecule has 0 N–H and O–H groups in total. The maximum atomic E-state index is 9.35. The fraction of sp³-hybridized carbons (Fsp3) is 0.111. The SMILES string of the molecule is Cc1ccc(Sc2nc3ccccc3cc2C#N)cc1C. The summed E-state index contributed by atoms with van der Waals surface area (Å²) < 4.78 is 0. The van der Waals surface area contributed by atoms with Gasteiger partial charge in [0.25, 0.3) is 0 Å². The maximum absolute atomic E-state index is 9.35. The maximum Gasteiger partial charge on any atom is 0.119 e. The minimum atomic E-state index is 0.622. The highest BCUT2D eigenvalue weighted by Crippen LogP contribution is 2.31. The van der Waals surface area contributed by atoms with E-state index in [2.05, 4.69) is 43.1 Å². The van der Waals surface area contributed by atoms with Crippen LogP contribution in [0, 0.1) is 25.2 Å². The Bertz CT molecular complexity index is 863. The van der Waals surface area contributed by atoms with Gasteiger partial charge in [-0.15, -0.1) is 0 Å². The molecule has 0 aliphatic rings. The number of aryl methyl sites for hydroxylation is 2. The highest BCUT2D eigenvalue weighted by Gasteiger charge is 2.09. The van der Waals surface area contributed by atoms with Gasteiger partial charge in [-0.3, -0.25) is 0 Å². The van der Waals surface area contributed by atoms with Gasteiger partial charge >= 0.3 is 0 Å². The Morgan fingerprint density at radius 2 is 1.81 bits per heavy atom. The van der Waals surface area contributed by atoms with Gasteiger partial charge < -0.3 is 0 Å². The van der Waals surface area contributed by atoms with Crippen LogP contribution in [0.5, 0.6) is 0 Å². The zero-order chi connectivity index (χ0) is 14.8. The van der Waals surface area contributed by atoms with Crippen molar-refractivity contribution in [2.45, 2.75) is 23.8 Å². The number of nitrogens with zero attached hydrogens (tertiary/aromatic N) is 2. The quantitative estimate of drug-likeness (QED) is 0.675. The molecule has 1 aromatic heterocycles. The lowest BCUT2D eigenvalue weighted by molar-refractivity contribution is 1.15. The van der Waals surface area contributed by atoms with Crippen LogP contribution >= 0.6 is 11.8 Å². The molecule has 0 saturated heterocycles. The molecule has 0 atom stereocenters. The third-order valence-electron chi connectivity index (χ3n) is 3.50. The van der Waals surface area contributed by atoms with E-state index >= 15 is 0 Å². The van der Waals surface area contributed by atoms with Crippen molar-refractivity contribution in [3.05, 3.63) is 65.2 Å². The Kier molecular flexibility index (Phi) is 3.64. The van der Waals surface area contributed by atoms with Gasteiger partial charge in [-0.2, -0.15) is 5.26 Å². The average molecular weight is 290 g/mol. The van der Waals surface area contributed by atoms with E-state index in [1.807, 2.05) is 30.3 Å². The first kappa shape index (κ1) is 13.7. The number of aromatic nitrogens is 1. The molecule has 2 aromatic carbocycles. The predicted octanol–water partition coefficient (Wildman–Crippen LogP) is 4.87. The Hall–Kier alpha value is -2.31. The first-order chi connectivity index (χ1) is 10.2. The molecule has 0 unspecified atom stereocenters. The van der Waals surface area contributed by atoms with Crippen molar-refractivity contribution in [2.75, 3.05) is 0 Å². The second kappa shape index (κ2) is 5.59. The number of benzene rings is 2. The van der Waals surface area contributed by atoms with Crippen LogP contribution in [-0.4, -0.2) is 4.98 Å². The summed E-state index contributed by atoms with van der Waals surface area (Å²) in [6.07, 6.45) is 0. The first-order valence-electron chi connectivity index (χ1n) is 6.72. The molecule has 2 nitrogen and oxygen atoms in total. The standard InChI is InChI=1S/C18H14N2S/c1-12-7-8-16(9-13(12)2)21-18-15(11-19)10-14-5-3-4-6-17(14)20-18/h3-10H,1-2H3. The molecule has 3 rings (SSSR count). The fourth-order valence-corrected chi connectivity index (χ4v) is 3.10. The number of pyridine rings is 1. The van der Waals surface area contributed by atoms with Crippen LogP contribution in [0.4, 0.5) is 0 Å². The van der Waals surface area contributed by atoms with Crippen molar-refractivity contribution in [1.82, 2.24) is 4.98 Å². The summed E-state index contributed by atoms with van der Waals surface area (Å²) in [5.41, 5.74) is 4.06. The number of rotatable bonds is 2. The lowest BCUT2D eigenvalue weighted by Crippen LogP contribution is -1.89. The zero-order valence-corrected chi connectivity index (χ0v) is 12.7. The van der Waals surface area contributed by atoms with E-state index in [-0.39, 0.29) is 0 Å². The lowest BCUT2D eigenvalue weighted by atomic mass is 10.1. The molecule has 21 heavy (non-hydrogen) atoms. The third kappa shape index (κ3) is 2.76. The number of hydrogen-bond acceptors (Lipinski definition) is 3. The monoisotopic (exact) mass is 290 g/mol. The molecule has 0 radical (unpaired) electrons. The lowest BCUT2D eigenvalue weighted by Gasteiger charge is -2.07. The van der Waals surface area contributed by atoms with Crippen molar-refractivity contribution in [3.63, 3.8) is 0 Å². The van der Waals surface area contributed by atoms with Gasteiger partial charge in [-0.25, -0.2) is 4.98 Å². The smallest absolute Gasteiger partial charge is 0.119 e. The van der Waals surface area contributed by atoms with E-state index in [1.54, 1.807) is 11.8 Å². The topological polar surface area (TPSA) is 36.7 Å². The summed E-state index contributed by atoms with van der Waals surface area (Å²) in [6, 6.07) is 18.3. The Morgan fingerprint density at radius 3 is 2.57 bits per heavy atom. The summed E-state index contributed by atoms with van der Waals surface area (Å²) in [7, 11) is 0. The molecule has 0 fully saturated rings. The normalized spacial score (nSPS) is 10.5. The molecule has 3 aromatic rings. The molecule has 0 aliphatic heterocycles. The van der Waals surface area contributed by atoms with Crippen LogP contribution in [0.2, 0.25) is 0 Å². The largest absolute Gasteiger partial charge is 0.240 e. The van der Waals surface area contributed by atoms with E-state index in [4.69, 9.17) is 0 Å². The van der Waals surface area contributed by atoms with Crippen LogP contribution in [0.3, 0.4) is 0 Å². The predicted molar refractivity (Wildman–Crippen MR) is 86.5 cm³/mol. The molecule has 0 saturated carbocycles. The molecule has 102 valence electrons. The molecule has 0 bridgehead atoms. The number of fused-ring (bicyclic) bond motifs is 1. The van der Waals surface area contributed by atoms with Crippen LogP contribution in [0.15, 0.2) is 58.5 Å². The van der Waals surface area contributed by atoms with Crippen LogP contribution in [0.1, 0.15) is 16.7 Å². The summed E-state index contributed by atoms with van der Waals surface area (Å²) in [4.78, 5) is 5.74. The number of para-hydroxylation sites is 1. The van der Waals surface area contributed by atoms with Gasteiger partial charge in [0.1, 0.15) is 11.1 Å². The molecular weight excluding hydrogens is 276 g/mol. The van der Waals surface area contributed by atoms with Gasteiger partial charge in [-0.05, 0) is 49.2 Å². The van der Waals surface area contributed by atoms with Crippen LogP contribution in [-0.2, 0) is 0 Å². The van der Waals surface area contributed by atoms with Crippen molar-refractivity contribution < 1.29 is 0 Å². The highest BCUT2D eigenvalue weighted by atomic mass is 32.2. The van der Waals surface area contributed by atoms with Crippen LogP contribution < -0.4 is 0 Å². The molecule has 1 heterocycles. The summed E-state index contributed by atoms with van der Waals surface area (Å²) in [6.45, 7) is 4.19. The molecule has 0 amide bonds. The van der Waals surface area contributed by atoms with Crippen molar-refractivity contribution in [3.8, 4) is 6.07 Å². The second-order valence-electron chi connectivity index (χ2n) is 4.99. The van der Waals surface area contributed by atoms with E-state index in [0.29, 0.717) is 5.56 Å². The van der Waals surface area contributed by atoms with E-state index in [1.165, 1.54) is 11.1 Å². The van der Waals surface area contributed by atoms with Gasteiger partial charge in [0, 0.05) is 10.3 Å². The summed E-state index contributed by atoms with van der Waals surface area (Å²) in [5.74, 6) is 0. The van der Waals surface area contributed by atoms with Crippen molar-refractivity contribution in [2.24, 2.45) is 0 Å². The van der Waals surface area contributed by atoms with Crippen molar-refractivity contribution >= 4 is 22.7 Å². The van der Waals surface area contributed by atoms with E-state index in [0.717, 1.165) is 20.8 Å². The van der Waals surface area contributed by atoms with Gasteiger partial charge in [0.15, 0.2) is 0 Å². The molecular formula is C18H14N2S. The van der Waals surface area contributed by atoms with Gasteiger partial charge in [0.2, 0.25) is 0 Å². The van der Waals surface area contributed by atoms with Gasteiger partial charge in [0.05, 0.1) is 11.1 Å². The number of hydrogen-bond donors (Lipinski definition) is 0. The molecule has 0 aliphatic carbocycles. The average Bonchev–Trinajstić information content (AvgIpc) is 2.50.